The number of rotatable bonds is 4. The molecule has 19 heavy (non-hydrogen) atoms. The topological polar surface area (TPSA) is 29.3 Å². The van der Waals surface area contributed by atoms with Gasteiger partial charge in [-0.3, -0.25) is 4.90 Å². The van der Waals surface area contributed by atoms with Crippen molar-refractivity contribution in [2.75, 3.05) is 13.6 Å². The van der Waals surface area contributed by atoms with Crippen LogP contribution < -0.4 is 5.73 Å². The van der Waals surface area contributed by atoms with Gasteiger partial charge in [-0.2, -0.15) is 0 Å². The van der Waals surface area contributed by atoms with Gasteiger partial charge in [-0.25, -0.2) is 0 Å². The molecule has 0 aromatic heterocycles. The first-order valence-electron chi connectivity index (χ1n) is 7.00. The molecule has 0 spiro atoms. The predicted octanol–water partition coefficient (Wildman–Crippen LogP) is 4.37. The summed E-state index contributed by atoms with van der Waals surface area (Å²) in [6, 6.07) is 6.85. The number of halogens is 2. The van der Waals surface area contributed by atoms with E-state index in [9.17, 15) is 0 Å². The molecule has 0 aliphatic heterocycles. The average Bonchev–Trinajstić information content (AvgIpc) is 2.44. The van der Waals surface area contributed by atoms with E-state index in [4.69, 9.17) is 17.3 Å². The second-order valence-corrected chi connectivity index (χ2v) is 6.70. The highest BCUT2D eigenvalue weighted by Crippen LogP contribution is 2.33. The van der Waals surface area contributed by atoms with Gasteiger partial charge in [-0.15, -0.1) is 0 Å². The van der Waals surface area contributed by atoms with Crippen LogP contribution in [0, 0.1) is 0 Å². The van der Waals surface area contributed by atoms with Crippen LogP contribution in [-0.4, -0.2) is 24.5 Å². The second kappa shape index (κ2) is 7.07. The lowest BCUT2D eigenvalue weighted by atomic mass is 9.92. The molecule has 1 aromatic carbocycles. The molecule has 4 heteroatoms. The first kappa shape index (κ1) is 15.3. The molecule has 0 bridgehead atoms. The van der Waals surface area contributed by atoms with Crippen LogP contribution in [0.5, 0.6) is 0 Å². The molecule has 1 unspecified atom stereocenters. The molecule has 106 valence electrons. The molecule has 1 aliphatic carbocycles. The van der Waals surface area contributed by atoms with Gasteiger partial charge in [0.1, 0.15) is 0 Å². The molecule has 0 saturated heterocycles. The average molecular weight is 346 g/mol. The summed E-state index contributed by atoms with van der Waals surface area (Å²) in [5.41, 5.74) is 7.15. The third-order valence-electron chi connectivity index (χ3n) is 4.18. The fourth-order valence-electron chi connectivity index (χ4n) is 3.03. The Balaban J connectivity index is 2.20. The lowest BCUT2D eigenvalue weighted by Gasteiger charge is -2.37. The Bertz CT molecular complexity index is 419. The molecule has 0 amide bonds. The maximum absolute atomic E-state index is 6.35. The minimum atomic E-state index is 0.202. The molecule has 1 saturated carbocycles. The zero-order chi connectivity index (χ0) is 13.8. The molecule has 1 fully saturated rings. The van der Waals surface area contributed by atoms with Crippen molar-refractivity contribution < 1.29 is 0 Å². The molecule has 0 heterocycles. The fraction of sp³-hybridized carbons (Fsp3) is 0.600. The summed E-state index contributed by atoms with van der Waals surface area (Å²) in [6.45, 7) is 0.600. The molecular weight excluding hydrogens is 324 g/mol. The fourth-order valence-corrected chi connectivity index (χ4v) is 3.65. The van der Waals surface area contributed by atoms with Crippen LogP contribution in [0.3, 0.4) is 0 Å². The molecule has 2 nitrogen and oxygen atoms in total. The summed E-state index contributed by atoms with van der Waals surface area (Å²) in [5, 5.41) is 0.807. The van der Waals surface area contributed by atoms with E-state index in [0.29, 0.717) is 12.6 Å². The van der Waals surface area contributed by atoms with Crippen LogP contribution in [0.2, 0.25) is 5.02 Å². The first-order valence-corrected chi connectivity index (χ1v) is 8.17. The lowest BCUT2D eigenvalue weighted by Crippen LogP contribution is -2.39. The van der Waals surface area contributed by atoms with E-state index in [2.05, 4.69) is 33.9 Å². The molecular formula is C15H22BrClN2. The molecule has 1 aliphatic rings. The minimum Gasteiger partial charge on any atom is -0.329 e. The quantitative estimate of drug-likeness (QED) is 0.878. The van der Waals surface area contributed by atoms with Crippen LogP contribution in [0.25, 0.3) is 0 Å². The van der Waals surface area contributed by atoms with Crippen molar-refractivity contribution in [2.24, 2.45) is 5.73 Å². The number of likely N-dealkylation sites (N-methyl/N-ethyl adjacent to an activating group) is 1. The van der Waals surface area contributed by atoms with E-state index < -0.39 is 0 Å². The van der Waals surface area contributed by atoms with Gasteiger partial charge in [-0.05, 0) is 43.7 Å². The monoisotopic (exact) mass is 344 g/mol. The normalized spacial score (nSPS) is 18.8. The van der Waals surface area contributed by atoms with Crippen LogP contribution in [0.15, 0.2) is 22.7 Å². The summed E-state index contributed by atoms with van der Waals surface area (Å²) >= 11 is 9.87. The predicted molar refractivity (Wildman–Crippen MR) is 85.6 cm³/mol. The van der Waals surface area contributed by atoms with Crippen molar-refractivity contribution in [3.05, 3.63) is 33.3 Å². The van der Waals surface area contributed by atoms with E-state index in [1.165, 1.54) is 32.1 Å². The van der Waals surface area contributed by atoms with E-state index >= 15 is 0 Å². The summed E-state index contributed by atoms with van der Waals surface area (Å²) < 4.78 is 1.06. The Morgan fingerprint density at radius 3 is 2.68 bits per heavy atom. The lowest BCUT2D eigenvalue weighted by molar-refractivity contribution is 0.141. The van der Waals surface area contributed by atoms with Gasteiger partial charge in [0.2, 0.25) is 0 Å². The number of hydrogen-bond donors (Lipinski definition) is 1. The maximum Gasteiger partial charge on any atom is 0.0485 e. The van der Waals surface area contributed by atoms with Crippen molar-refractivity contribution in [1.29, 1.82) is 0 Å². The minimum absolute atomic E-state index is 0.202. The largest absolute Gasteiger partial charge is 0.329 e. The molecule has 0 radical (unpaired) electrons. The SMILES string of the molecule is CN(C1CCCCC1)C(CN)c1cc(Br)ccc1Cl. The van der Waals surface area contributed by atoms with E-state index in [-0.39, 0.29) is 6.04 Å². The molecule has 2 rings (SSSR count). The second-order valence-electron chi connectivity index (χ2n) is 5.37. The van der Waals surface area contributed by atoms with E-state index in [1.807, 2.05) is 12.1 Å². The molecule has 1 atom stereocenters. The summed E-state index contributed by atoms with van der Waals surface area (Å²) in [7, 11) is 2.19. The van der Waals surface area contributed by atoms with E-state index in [1.54, 1.807) is 0 Å². The number of benzene rings is 1. The van der Waals surface area contributed by atoms with Crippen LogP contribution in [0.1, 0.15) is 43.7 Å². The van der Waals surface area contributed by atoms with Gasteiger partial charge >= 0.3 is 0 Å². The van der Waals surface area contributed by atoms with Gasteiger partial charge in [0.05, 0.1) is 0 Å². The van der Waals surface area contributed by atoms with E-state index in [0.717, 1.165) is 15.1 Å². The third-order valence-corrected chi connectivity index (χ3v) is 5.02. The highest BCUT2D eigenvalue weighted by molar-refractivity contribution is 9.10. The number of nitrogens with two attached hydrogens (primary N) is 1. The van der Waals surface area contributed by atoms with Crippen LogP contribution in [0.4, 0.5) is 0 Å². The van der Waals surface area contributed by atoms with Crippen molar-refractivity contribution in [3.8, 4) is 0 Å². The Labute approximate surface area is 129 Å². The van der Waals surface area contributed by atoms with Crippen molar-refractivity contribution in [2.45, 2.75) is 44.2 Å². The highest BCUT2D eigenvalue weighted by atomic mass is 79.9. The maximum atomic E-state index is 6.35. The van der Waals surface area contributed by atoms with Crippen molar-refractivity contribution in [1.82, 2.24) is 4.90 Å². The van der Waals surface area contributed by atoms with Gasteiger partial charge in [-0.1, -0.05) is 46.8 Å². The van der Waals surface area contributed by atoms with Gasteiger partial charge in [0.25, 0.3) is 0 Å². The zero-order valence-corrected chi connectivity index (χ0v) is 13.8. The smallest absolute Gasteiger partial charge is 0.0485 e. The van der Waals surface area contributed by atoms with Gasteiger partial charge in [0.15, 0.2) is 0 Å². The zero-order valence-electron chi connectivity index (χ0n) is 11.4. The summed E-state index contributed by atoms with van der Waals surface area (Å²) in [5.74, 6) is 0. The Morgan fingerprint density at radius 1 is 1.37 bits per heavy atom. The van der Waals surface area contributed by atoms with Gasteiger partial charge in [0, 0.05) is 28.1 Å². The van der Waals surface area contributed by atoms with Crippen molar-refractivity contribution >= 4 is 27.5 Å². The third kappa shape index (κ3) is 3.72. The Morgan fingerprint density at radius 2 is 2.05 bits per heavy atom. The summed E-state index contributed by atoms with van der Waals surface area (Å²) in [6.07, 6.45) is 6.59. The highest BCUT2D eigenvalue weighted by Gasteiger charge is 2.26. The first-order chi connectivity index (χ1) is 9.13. The van der Waals surface area contributed by atoms with Crippen LogP contribution in [-0.2, 0) is 0 Å². The number of hydrogen-bond acceptors (Lipinski definition) is 2. The number of nitrogens with zero attached hydrogens (tertiary/aromatic N) is 1. The summed E-state index contributed by atoms with van der Waals surface area (Å²) in [4.78, 5) is 2.42. The standard InChI is InChI=1S/C15H22BrClN2/c1-19(12-5-3-2-4-6-12)15(10-18)13-9-11(16)7-8-14(13)17/h7-9,12,15H,2-6,10,18H2,1H3. The van der Waals surface area contributed by atoms with Crippen molar-refractivity contribution in [3.63, 3.8) is 0 Å². The molecule has 2 N–H and O–H groups in total. The Hall–Kier alpha value is -0.0900. The Kier molecular flexibility index (Phi) is 5.70. The molecule has 1 aromatic rings. The van der Waals surface area contributed by atoms with Crippen LogP contribution >= 0.6 is 27.5 Å². The van der Waals surface area contributed by atoms with Gasteiger partial charge < -0.3 is 5.73 Å².